The molecule has 0 aromatic heterocycles. The zero-order valence-electron chi connectivity index (χ0n) is 6.96. The zero-order valence-corrected chi connectivity index (χ0v) is 8.67. The maximum Gasteiger partial charge on any atom is 0.232 e. The SMILES string of the molecule is CSCCCNC(=O)C(C)S. The molecule has 1 amide bonds. The summed E-state index contributed by atoms with van der Waals surface area (Å²) in [6.07, 6.45) is 3.09. The number of hydrogen-bond acceptors (Lipinski definition) is 3. The smallest absolute Gasteiger partial charge is 0.232 e. The van der Waals surface area contributed by atoms with Crippen LogP contribution in [0.3, 0.4) is 0 Å². The van der Waals surface area contributed by atoms with Crippen molar-refractivity contribution in [3.8, 4) is 0 Å². The third-order valence-electron chi connectivity index (χ3n) is 1.20. The molecule has 0 aliphatic rings. The highest BCUT2D eigenvalue weighted by molar-refractivity contribution is 7.98. The second kappa shape index (κ2) is 6.85. The Kier molecular flexibility index (Phi) is 6.96. The summed E-state index contributed by atoms with van der Waals surface area (Å²) >= 11 is 5.79. The first kappa shape index (κ1) is 11.2. The van der Waals surface area contributed by atoms with E-state index in [1.807, 2.05) is 0 Å². The molecule has 0 bridgehead atoms. The average Bonchev–Trinajstić information content (AvgIpc) is 1.97. The van der Waals surface area contributed by atoms with Crippen LogP contribution in [0.1, 0.15) is 13.3 Å². The molecule has 1 atom stereocenters. The van der Waals surface area contributed by atoms with Crippen molar-refractivity contribution in [1.29, 1.82) is 0 Å². The molecular formula is C7H15NOS2. The lowest BCUT2D eigenvalue weighted by molar-refractivity contribution is -0.120. The minimum Gasteiger partial charge on any atom is -0.355 e. The lowest BCUT2D eigenvalue weighted by Crippen LogP contribution is -2.30. The molecule has 0 aliphatic carbocycles. The van der Waals surface area contributed by atoms with E-state index in [9.17, 15) is 4.79 Å². The van der Waals surface area contributed by atoms with E-state index in [2.05, 4.69) is 24.2 Å². The first-order valence-electron chi connectivity index (χ1n) is 3.63. The molecule has 0 radical (unpaired) electrons. The number of carbonyl (C=O) groups is 1. The number of thioether (sulfide) groups is 1. The Bertz CT molecular complexity index is 117. The van der Waals surface area contributed by atoms with Crippen molar-refractivity contribution in [2.24, 2.45) is 0 Å². The van der Waals surface area contributed by atoms with E-state index < -0.39 is 0 Å². The van der Waals surface area contributed by atoms with Gasteiger partial charge in [0.25, 0.3) is 0 Å². The highest BCUT2D eigenvalue weighted by Gasteiger charge is 2.04. The maximum absolute atomic E-state index is 10.9. The molecule has 0 aromatic carbocycles. The van der Waals surface area contributed by atoms with E-state index in [-0.39, 0.29) is 11.2 Å². The van der Waals surface area contributed by atoms with Crippen LogP contribution in [0.25, 0.3) is 0 Å². The van der Waals surface area contributed by atoms with Crippen molar-refractivity contribution < 1.29 is 4.79 Å². The van der Waals surface area contributed by atoms with Crippen LogP contribution in [0.2, 0.25) is 0 Å². The van der Waals surface area contributed by atoms with Crippen LogP contribution < -0.4 is 5.32 Å². The Labute approximate surface area is 77.9 Å². The molecule has 0 aromatic rings. The van der Waals surface area contributed by atoms with Crippen LogP contribution in [0.5, 0.6) is 0 Å². The second-order valence-electron chi connectivity index (χ2n) is 2.31. The van der Waals surface area contributed by atoms with Gasteiger partial charge in [0.15, 0.2) is 0 Å². The standard InChI is InChI=1S/C7H15NOS2/c1-6(10)7(9)8-4-3-5-11-2/h6,10H,3-5H2,1-2H3,(H,8,9). The monoisotopic (exact) mass is 193 g/mol. The van der Waals surface area contributed by atoms with Gasteiger partial charge in [0.05, 0.1) is 5.25 Å². The lowest BCUT2D eigenvalue weighted by Gasteiger charge is -2.05. The number of thiol groups is 1. The third kappa shape index (κ3) is 6.56. The first-order valence-corrected chi connectivity index (χ1v) is 5.54. The lowest BCUT2D eigenvalue weighted by atomic mass is 10.4. The van der Waals surface area contributed by atoms with Crippen LogP contribution in [-0.4, -0.2) is 29.7 Å². The number of carbonyl (C=O) groups excluding carboxylic acids is 1. The molecule has 0 fully saturated rings. The van der Waals surface area contributed by atoms with Crippen LogP contribution in [0.4, 0.5) is 0 Å². The topological polar surface area (TPSA) is 29.1 Å². The van der Waals surface area contributed by atoms with Crippen LogP contribution in [0.15, 0.2) is 0 Å². The molecule has 1 unspecified atom stereocenters. The quantitative estimate of drug-likeness (QED) is 0.507. The fourth-order valence-electron chi connectivity index (χ4n) is 0.576. The van der Waals surface area contributed by atoms with Gasteiger partial charge in [-0.1, -0.05) is 0 Å². The van der Waals surface area contributed by atoms with Gasteiger partial charge in [-0.15, -0.1) is 0 Å². The highest BCUT2D eigenvalue weighted by atomic mass is 32.2. The molecular weight excluding hydrogens is 178 g/mol. The summed E-state index contributed by atoms with van der Waals surface area (Å²) in [7, 11) is 0. The minimum atomic E-state index is -0.190. The fraction of sp³-hybridized carbons (Fsp3) is 0.857. The van der Waals surface area contributed by atoms with Crippen LogP contribution >= 0.6 is 24.4 Å². The van der Waals surface area contributed by atoms with E-state index in [0.717, 1.165) is 18.7 Å². The van der Waals surface area contributed by atoms with Gasteiger partial charge in [0.2, 0.25) is 5.91 Å². The number of rotatable bonds is 5. The Hall–Kier alpha value is 0.170. The van der Waals surface area contributed by atoms with Gasteiger partial charge in [-0.3, -0.25) is 4.79 Å². The molecule has 0 rings (SSSR count). The van der Waals surface area contributed by atoms with Gasteiger partial charge in [0.1, 0.15) is 0 Å². The highest BCUT2D eigenvalue weighted by Crippen LogP contribution is 1.95. The van der Waals surface area contributed by atoms with Gasteiger partial charge >= 0.3 is 0 Å². The van der Waals surface area contributed by atoms with Crippen molar-refractivity contribution in [3.05, 3.63) is 0 Å². The molecule has 4 heteroatoms. The third-order valence-corrected chi connectivity index (χ3v) is 2.14. The Morgan fingerprint density at radius 2 is 2.36 bits per heavy atom. The van der Waals surface area contributed by atoms with Gasteiger partial charge in [-0.05, 0) is 25.4 Å². The normalized spacial score (nSPS) is 12.6. The molecule has 11 heavy (non-hydrogen) atoms. The Morgan fingerprint density at radius 3 is 2.82 bits per heavy atom. The summed E-state index contributed by atoms with van der Waals surface area (Å²) in [6.45, 7) is 2.54. The summed E-state index contributed by atoms with van der Waals surface area (Å²) in [5.41, 5.74) is 0. The molecule has 1 N–H and O–H groups in total. The van der Waals surface area contributed by atoms with E-state index in [0.29, 0.717) is 0 Å². The number of amides is 1. The van der Waals surface area contributed by atoms with Crippen molar-refractivity contribution in [1.82, 2.24) is 5.32 Å². The first-order chi connectivity index (χ1) is 5.18. The van der Waals surface area contributed by atoms with Gasteiger partial charge in [0, 0.05) is 6.54 Å². The van der Waals surface area contributed by atoms with Crippen molar-refractivity contribution in [2.45, 2.75) is 18.6 Å². The fourth-order valence-corrected chi connectivity index (χ4v) is 1.10. The van der Waals surface area contributed by atoms with E-state index in [4.69, 9.17) is 0 Å². The summed E-state index contributed by atoms with van der Waals surface area (Å²) in [6, 6.07) is 0. The summed E-state index contributed by atoms with van der Waals surface area (Å²) in [5, 5.41) is 2.60. The van der Waals surface area contributed by atoms with Crippen LogP contribution in [-0.2, 0) is 4.79 Å². The van der Waals surface area contributed by atoms with Crippen molar-refractivity contribution >= 4 is 30.3 Å². The zero-order chi connectivity index (χ0) is 8.69. The van der Waals surface area contributed by atoms with Crippen LogP contribution in [0, 0.1) is 0 Å². The number of nitrogens with one attached hydrogen (secondary N) is 1. The number of hydrogen-bond donors (Lipinski definition) is 2. The predicted octanol–water partition coefficient (Wildman–Crippen LogP) is 1.17. The summed E-state index contributed by atoms with van der Waals surface area (Å²) in [4.78, 5) is 10.9. The summed E-state index contributed by atoms with van der Waals surface area (Å²) < 4.78 is 0. The molecule has 2 nitrogen and oxygen atoms in total. The molecule has 0 saturated heterocycles. The largest absolute Gasteiger partial charge is 0.355 e. The maximum atomic E-state index is 10.9. The second-order valence-corrected chi connectivity index (χ2v) is 4.07. The van der Waals surface area contributed by atoms with Gasteiger partial charge in [-0.25, -0.2) is 0 Å². The van der Waals surface area contributed by atoms with E-state index in [1.54, 1.807) is 18.7 Å². The molecule has 0 spiro atoms. The molecule has 66 valence electrons. The molecule has 0 aliphatic heterocycles. The van der Waals surface area contributed by atoms with Gasteiger partial charge in [-0.2, -0.15) is 24.4 Å². The van der Waals surface area contributed by atoms with E-state index >= 15 is 0 Å². The summed E-state index contributed by atoms with van der Waals surface area (Å²) in [5.74, 6) is 1.12. The predicted molar refractivity (Wildman–Crippen MR) is 54.5 cm³/mol. The van der Waals surface area contributed by atoms with Gasteiger partial charge < -0.3 is 5.32 Å². The Morgan fingerprint density at radius 1 is 1.73 bits per heavy atom. The van der Waals surface area contributed by atoms with Crippen molar-refractivity contribution in [3.63, 3.8) is 0 Å². The minimum absolute atomic E-state index is 0.0226. The average molecular weight is 193 g/mol. The van der Waals surface area contributed by atoms with Crippen molar-refractivity contribution in [2.75, 3.05) is 18.6 Å². The molecule has 0 saturated carbocycles. The van der Waals surface area contributed by atoms with E-state index in [1.165, 1.54) is 0 Å². The Balaban J connectivity index is 3.18. The molecule has 0 heterocycles.